The van der Waals surface area contributed by atoms with E-state index in [9.17, 15) is 9.59 Å². The van der Waals surface area contributed by atoms with Crippen LogP contribution in [0.3, 0.4) is 0 Å². The lowest BCUT2D eigenvalue weighted by Crippen LogP contribution is -2.27. The van der Waals surface area contributed by atoms with E-state index >= 15 is 0 Å². The number of fused-ring (bicyclic) bond motifs is 1. The van der Waals surface area contributed by atoms with E-state index in [0.717, 1.165) is 10.6 Å². The number of hydrogen-bond donors (Lipinski definition) is 1. The number of thiazole rings is 1. The van der Waals surface area contributed by atoms with Crippen LogP contribution in [0, 0.1) is 0 Å². The predicted octanol–water partition coefficient (Wildman–Crippen LogP) is 3.24. The van der Waals surface area contributed by atoms with Gasteiger partial charge < -0.3 is 9.73 Å². The highest BCUT2D eigenvalue weighted by Gasteiger charge is 2.14. The molecule has 4 aromatic rings. The molecule has 0 saturated carbocycles. The molecule has 0 atom stereocenters. The Hall–Kier alpha value is -3.32. The van der Waals surface area contributed by atoms with Crippen LogP contribution in [-0.2, 0) is 6.54 Å². The summed E-state index contributed by atoms with van der Waals surface area (Å²) in [5, 5.41) is 6.11. The molecule has 6 nitrogen and oxygen atoms in total. The molecule has 1 N–H and O–H groups in total. The average molecular weight is 363 g/mol. The number of hydrogen-bond acceptors (Lipinski definition) is 6. The summed E-state index contributed by atoms with van der Waals surface area (Å²) < 4.78 is 5.19. The van der Waals surface area contributed by atoms with Gasteiger partial charge in [0.25, 0.3) is 5.91 Å². The van der Waals surface area contributed by atoms with E-state index in [1.54, 1.807) is 36.7 Å². The summed E-state index contributed by atoms with van der Waals surface area (Å²) in [6, 6.07) is 12.4. The Kier molecular flexibility index (Phi) is 4.28. The lowest BCUT2D eigenvalue weighted by Gasteiger charge is -2.03. The minimum absolute atomic E-state index is 0.0218. The molecule has 1 amide bonds. The highest BCUT2D eigenvalue weighted by molar-refractivity contribution is 7.13. The fraction of sp³-hybridized carbons (Fsp3) is 0.0526. The molecule has 0 bridgehead atoms. The van der Waals surface area contributed by atoms with Gasteiger partial charge in [0.2, 0.25) is 0 Å². The molecule has 0 saturated heterocycles. The molecule has 4 rings (SSSR count). The normalized spacial score (nSPS) is 10.8. The number of amides is 1. The number of carbonyl (C=O) groups is 1. The highest BCUT2D eigenvalue weighted by atomic mass is 32.1. The van der Waals surface area contributed by atoms with Gasteiger partial charge in [0.05, 0.1) is 12.2 Å². The smallest absolute Gasteiger partial charge is 0.349 e. The van der Waals surface area contributed by atoms with Crippen LogP contribution in [0.25, 0.3) is 21.5 Å². The van der Waals surface area contributed by atoms with E-state index < -0.39 is 11.5 Å². The Balaban J connectivity index is 1.50. The van der Waals surface area contributed by atoms with Gasteiger partial charge in [0, 0.05) is 28.7 Å². The SMILES string of the molecule is O=C(NCc1csc(-c2cccnc2)n1)c1cc2ccccc2oc1=O. The van der Waals surface area contributed by atoms with Crippen molar-refractivity contribution in [2.24, 2.45) is 0 Å². The van der Waals surface area contributed by atoms with Crippen LogP contribution in [0.4, 0.5) is 0 Å². The van der Waals surface area contributed by atoms with Gasteiger partial charge in [-0.25, -0.2) is 9.78 Å². The van der Waals surface area contributed by atoms with Crippen LogP contribution in [0.1, 0.15) is 16.1 Å². The zero-order valence-electron chi connectivity index (χ0n) is 13.5. The third-order valence-electron chi connectivity index (χ3n) is 3.78. The van der Waals surface area contributed by atoms with Crippen LogP contribution in [0.15, 0.2) is 69.5 Å². The largest absolute Gasteiger partial charge is 0.422 e. The molecule has 0 aliphatic rings. The molecule has 3 heterocycles. The van der Waals surface area contributed by atoms with Crippen molar-refractivity contribution in [1.82, 2.24) is 15.3 Å². The lowest BCUT2D eigenvalue weighted by molar-refractivity contribution is 0.0947. The summed E-state index contributed by atoms with van der Waals surface area (Å²) in [7, 11) is 0. The molecule has 0 spiro atoms. The molecule has 7 heteroatoms. The van der Waals surface area contributed by atoms with E-state index in [4.69, 9.17) is 4.42 Å². The van der Waals surface area contributed by atoms with Crippen LogP contribution >= 0.6 is 11.3 Å². The third kappa shape index (κ3) is 3.25. The van der Waals surface area contributed by atoms with Gasteiger partial charge in [-0.1, -0.05) is 18.2 Å². The number of para-hydroxylation sites is 1. The van der Waals surface area contributed by atoms with Gasteiger partial charge in [0.1, 0.15) is 16.2 Å². The van der Waals surface area contributed by atoms with Crippen LogP contribution < -0.4 is 10.9 Å². The maximum atomic E-state index is 12.4. The number of aromatic nitrogens is 2. The maximum absolute atomic E-state index is 12.4. The van der Waals surface area contributed by atoms with E-state index in [1.165, 1.54) is 11.3 Å². The summed E-state index contributed by atoms with van der Waals surface area (Å²) in [4.78, 5) is 32.9. The van der Waals surface area contributed by atoms with Gasteiger partial charge in [-0.2, -0.15) is 0 Å². The summed E-state index contributed by atoms with van der Waals surface area (Å²) in [5.74, 6) is -0.486. The zero-order chi connectivity index (χ0) is 17.9. The highest BCUT2D eigenvalue weighted by Crippen LogP contribution is 2.22. The van der Waals surface area contributed by atoms with Crippen LogP contribution in [0.5, 0.6) is 0 Å². The Morgan fingerprint density at radius 3 is 2.92 bits per heavy atom. The number of nitrogens with one attached hydrogen (secondary N) is 1. The molecule has 26 heavy (non-hydrogen) atoms. The van der Waals surface area contributed by atoms with E-state index in [1.807, 2.05) is 23.6 Å². The van der Waals surface area contributed by atoms with Gasteiger partial charge in [-0.3, -0.25) is 9.78 Å². The van der Waals surface area contributed by atoms with Crippen molar-refractivity contribution in [2.75, 3.05) is 0 Å². The maximum Gasteiger partial charge on any atom is 0.349 e. The Bertz CT molecular complexity index is 1140. The first-order valence-electron chi connectivity index (χ1n) is 7.86. The number of carbonyl (C=O) groups excluding carboxylic acids is 1. The quantitative estimate of drug-likeness (QED) is 0.563. The molecule has 128 valence electrons. The van der Waals surface area contributed by atoms with Crippen molar-refractivity contribution in [3.05, 3.63) is 81.9 Å². The second-order valence-electron chi connectivity index (χ2n) is 5.55. The second kappa shape index (κ2) is 6.89. The van der Waals surface area contributed by atoms with Gasteiger partial charge in [0.15, 0.2) is 0 Å². The first-order chi connectivity index (χ1) is 12.7. The summed E-state index contributed by atoms with van der Waals surface area (Å²) in [6.45, 7) is 0.224. The molecule has 1 aromatic carbocycles. The molecule has 0 radical (unpaired) electrons. The van der Waals surface area contributed by atoms with E-state index in [2.05, 4.69) is 15.3 Å². The van der Waals surface area contributed by atoms with E-state index in [0.29, 0.717) is 16.7 Å². The minimum Gasteiger partial charge on any atom is -0.422 e. The number of rotatable bonds is 4. The third-order valence-corrected chi connectivity index (χ3v) is 4.72. The number of benzene rings is 1. The standard InChI is InChI=1S/C19H13N3O3S/c23-17(15-8-12-4-1-2-6-16(12)25-19(15)24)21-10-14-11-26-18(22-14)13-5-3-7-20-9-13/h1-9,11H,10H2,(H,21,23). The first kappa shape index (κ1) is 16.2. The van der Waals surface area contributed by atoms with Crippen molar-refractivity contribution < 1.29 is 9.21 Å². The molecule has 0 aliphatic carbocycles. The van der Waals surface area contributed by atoms with E-state index in [-0.39, 0.29) is 12.1 Å². The molecular weight excluding hydrogens is 350 g/mol. The van der Waals surface area contributed by atoms with Crippen LogP contribution in [0.2, 0.25) is 0 Å². The van der Waals surface area contributed by atoms with Crippen molar-refractivity contribution in [1.29, 1.82) is 0 Å². The summed E-state index contributed by atoms with van der Waals surface area (Å²) >= 11 is 1.47. The number of nitrogens with zero attached hydrogens (tertiary/aromatic N) is 2. The topological polar surface area (TPSA) is 85.1 Å². The predicted molar refractivity (Wildman–Crippen MR) is 99.0 cm³/mol. The fourth-order valence-corrected chi connectivity index (χ4v) is 3.31. The van der Waals surface area contributed by atoms with Crippen molar-refractivity contribution >= 4 is 28.2 Å². The second-order valence-corrected chi connectivity index (χ2v) is 6.41. The fourth-order valence-electron chi connectivity index (χ4n) is 2.50. The molecule has 3 aromatic heterocycles. The lowest BCUT2D eigenvalue weighted by atomic mass is 10.2. The summed E-state index contributed by atoms with van der Waals surface area (Å²) in [5.41, 5.74) is 1.41. The first-order valence-corrected chi connectivity index (χ1v) is 8.74. The Morgan fingerprint density at radius 1 is 1.19 bits per heavy atom. The monoisotopic (exact) mass is 363 g/mol. The molecular formula is C19H13N3O3S. The molecule has 0 unspecified atom stereocenters. The average Bonchev–Trinajstić information content (AvgIpc) is 3.15. The van der Waals surface area contributed by atoms with Crippen molar-refractivity contribution in [3.8, 4) is 10.6 Å². The van der Waals surface area contributed by atoms with Gasteiger partial charge in [-0.15, -0.1) is 11.3 Å². The minimum atomic E-state index is -0.657. The van der Waals surface area contributed by atoms with Crippen LogP contribution in [-0.4, -0.2) is 15.9 Å². The zero-order valence-corrected chi connectivity index (χ0v) is 14.3. The molecule has 0 aliphatic heterocycles. The Morgan fingerprint density at radius 2 is 2.08 bits per heavy atom. The number of pyridine rings is 1. The summed E-state index contributed by atoms with van der Waals surface area (Å²) in [6.07, 6.45) is 3.44. The van der Waals surface area contributed by atoms with Gasteiger partial charge >= 0.3 is 5.63 Å². The van der Waals surface area contributed by atoms with Gasteiger partial charge in [-0.05, 0) is 24.3 Å². The molecule has 0 fully saturated rings. The van der Waals surface area contributed by atoms with Crippen molar-refractivity contribution in [2.45, 2.75) is 6.54 Å². The van der Waals surface area contributed by atoms with Crippen molar-refractivity contribution in [3.63, 3.8) is 0 Å². The Labute approximate surface area is 152 Å².